The molecule has 4 nitrogen and oxygen atoms in total. The molecule has 0 aliphatic rings. The number of hydrogen-bond donors (Lipinski definition) is 1. The minimum Gasteiger partial charge on any atom is -0.514 e. The van der Waals surface area contributed by atoms with Crippen molar-refractivity contribution in [1.29, 1.82) is 5.26 Å². The molecule has 20 heavy (non-hydrogen) atoms. The fourth-order valence-electron chi connectivity index (χ4n) is 1.96. The molecule has 4 heteroatoms. The van der Waals surface area contributed by atoms with E-state index in [0.29, 0.717) is 12.9 Å². The van der Waals surface area contributed by atoms with Crippen LogP contribution in [0.25, 0.3) is 0 Å². The number of aliphatic hydroxyl groups is 1. The fourth-order valence-corrected chi connectivity index (χ4v) is 1.96. The van der Waals surface area contributed by atoms with Gasteiger partial charge in [-0.1, -0.05) is 64.7 Å². The van der Waals surface area contributed by atoms with E-state index in [-0.39, 0.29) is 5.57 Å². The molecule has 0 aromatic carbocycles. The Hall–Kier alpha value is -1.50. The van der Waals surface area contributed by atoms with E-state index in [1.54, 1.807) is 6.07 Å². The maximum absolute atomic E-state index is 11.2. The summed E-state index contributed by atoms with van der Waals surface area (Å²) >= 11 is 0. The standard InChI is InChI=1S/C16H27NO3/c1-2-3-4-5-6-7-8-9-10-11-12-20-16(19)15(13-17)14-18/h14,18H,2-12H2,1H3/b15-14+. The van der Waals surface area contributed by atoms with E-state index in [4.69, 9.17) is 15.1 Å². The highest BCUT2D eigenvalue weighted by Gasteiger charge is 2.09. The van der Waals surface area contributed by atoms with Crippen molar-refractivity contribution in [2.24, 2.45) is 0 Å². The molecule has 0 saturated heterocycles. The van der Waals surface area contributed by atoms with Crippen LogP contribution in [0.2, 0.25) is 0 Å². The van der Waals surface area contributed by atoms with Crippen LogP contribution >= 0.6 is 0 Å². The number of rotatable bonds is 12. The molecular weight excluding hydrogens is 254 g/mol. The van der Waals surface area contributed by atoms with Crippen LogP contribution in [0, 0.1) is 11.3 Å². The summed E-state index contributed by atoms with van der Waals surface area (Å²) in [5.41, 5.74) is -0.350. The number of aliphatic hydroxyl groups excluding tert-OH is 1. The van der Waals surface area contributed by atoms with Crippen LogP contribution in [-0.4, -0.2) is 17.7 Å². The van der Waals surface area contributed by atoms with Gasteiger partial charge in [0, 0.05) is 0 Å². The first-order valence-corrected chi connectivity index (χ1v) is 7.67. The zero-order valence-electron chi connectivity index (χ0n) is 12.6. The first kappa shape index (κ1) is 18.5. The maximum atomic E-state index is 11.2. The summed E-state index contributed by atoms with van der Waals surface area (Å²) in [5, 5.41) is 17.1. The van der Waals surface area contributed by atoms with E-state index in [9.17, 15) is 4.79 Å². The molecule has 1 N–H and O–H groups in total. The molecule has 0 aromatic rings. The molecule has 0 rings (SSSR count). The van der Waals surface area contributed by atoms with Gasteiger partial charge < -0.3 is 9.84 Å². The van der Waals surface area contributed by atoms with Gasteiger partial charge in [0.25, 0.3) is 0 Å². The smallest absolute Gasteiger partial charge is 0.352 e. The lowest BCUT2D eigenvalue weighted by Crippen LogP contribution is -2.08. The number of esters is 1. The molecule has 0 atom stereocenters. The Morgan fingerprint density at radius 3 is 2.00 bits per heavy atom. The summed E-state index contributed by atoms with van der Waals surface area (Å²) in [6.07, 6.45) is 12.7. The third-order valence-electron chi connectivity index (χ3n) is 3.20. The molecule has 0 amide bonds. The van der Waals surface area contributed by atoms with Crippen molar-refractivity contribution in [1.82, 2.24) is 0 Å². The average Bonchev–Trinajstić information content (AvgIpc) is 2.46. The first-order valence-electron chi connectivity index (χ1n) is 7.67. The number of ether oxygens (including phenoxy) is 1. The van der Waals surface area contributed by atoms with Gasteiger partial charge in [-0.3, -0.25) is 0 Å². The zero-order chi connectivity index (χ0) is 15.1. The second-order valence-corrected chi connectivity index (χ2v) is 4.97. The Kier molecular flexibility index (Phi) is 12.9. The number of unbranched alkanes of at least 4 members (excludes halogenated alkanes) is 9. The molecule has 0 heterocycles. The summed E-state index contributed by atoms with van der Waals surface area (Å²) in [7, 11) is 0. The third-order valence-corrected chi connectivity index (χ3v) is 3.20. The van der Waals surface area contributed by atoms with Crippen LogP contribution in [0.15, 0.2) is 11.8 Å². The van der Waals surface area contributed by atoms with Crippen molar-refractivity contribution >= 4 is 5.97 Å². The Morgan fingerprint density at radius 2 is 1.55 bits per heavy atom. The average molecular weight is 281 g/mol. The third kappa shape index (κ3) is 10.4. The Morgan fingerprint density at radius 1 is 1.05 bits per heavy atom. The van der Waals surface area contributed by atoms with Gasteiger partial charge in [0.15, 0.2) is 5.57 Å². The first-order chi connectivity index (χ1) is 9.76. The monoisotopic (exact) mass is 281 g/mol. The summed E-state index contributed by atoms with van der Waals surface area (Å²) in [4.78, 5) is 11.2. The minimum absolute atomic E-state index is 0.314. The van der Waals surface area contributed by atoms with Gasteiger partial charge in [-0.25, -0.2) is 4.79 Å². The van der Waals surface area contributed by atoms with E-state index in [0.717, 1.165) is 19.3 Å². The largest absolute Gasteiger partial charge is 0.514 e. The summed E-state index contributed by atoms with van der Waals surface area (Å²) in [6.45, 7) is 2.54. The highest BCUT2D eigenvalue weighted by atomic mass is 16.5. The van der Waals surface area contributed by atoms with E-state index in [2.05, 4.69) is 6.92 Å². The van der Waals surface area contributed by atoms with Gasteiger partial charge in [0.05, 0.1) is 6.61 Å². The second-order valence-electron chi connectivity index (χ2n) is 4.97. The lowest BCUT2D eigenvalue weighted by molar-refractivity contribution is -0.138. The van der Waals surface area contributed by atoms with Gasteiger partial charge in [-0.05, 0) is 6.42 Å². The van der Waals surface area contributed by atoms with Crippen LogP contribution < -0.4 is 0 Å². The van der Waals surface area contributed by atoms with Crippen LogP contribution in [0.5, 0.6) is 0 Å². The molecule has 0 spiro atoms. The predicted octanol–water partition coefficient (Wildman–Crippen LogP) is 4.42. The van der Waals surface area contributed by atoms with Gasteiger partial charge in [-0.15, -0.1) is 0 Å². The second kappa shape index (κ2) is 13.9. The van der Waals surface area contributed by atoms with E-state index in [1.165, 1.54) is 44.9 Å². The number of hydrogen-bond acceptors (Lipinski definition) is 4. The lowest BCUT2D eigenvalue weighted by Gasteiger charge is -2.04. The van der Waals surface area contributed by atoms with Crippen molar-refractivity contribution in [3.8, 4) is 6.07 Å². The minimum atomic E-state index is -0.745. The van der Waals surface area contributed by atoms with Gasteiger partial charge in [-0.2, -0.15) is 5.26 Å². The van der Waals surface area contributed by atoms with Crippen LogP contribution in [0.1, 0.15) is 71.1 Å². The molecule has 0 unspecified atom stereocenters. The molecule has 0 radical (unpaired) electrons. The highest BCUT2D eigenvalue weighted by molar-refractivity contribution is 5.92. The van der Waals surface area contributed by atoms with Crippen molar-refractivity contribution < 1.29 is 14.6 Å². The molecule has 114 valence electrons. The molecule has 0 aliphatic heterocycles. The quantitative estimate of drug-likeness (QED) is 0.189. The zero-order valence-corrected chi connectivity index (χ0v) is 12.6. The lowest BCUT2D eigenvalue weighted by atomic mass is 10.1. The van der Waals surface area contributed by atoms with Crippen LogP contribution in [0.3, 0.4) is 0 Å². The van der Waals surface area contributed by atoms with Crippen molar-refractivity contribution in [2.45, 2.75) is 71.1 Å². The van der Waals surface area contributed by atoms with E-state index >= 15 is 0 Å². The van der Waals surface area contributed by atoms with Gasteiger partial charge >= 0.3 is 5.97 Å². The van der Waals surface area contributed by atoms with Crippen molar-refractivity contribution in [2.75, 3.05) is 6.61 Å². The maximum Gasteiger partial charge on any atom is 0.352 e. The van der Waals surface area contributed by atoms with Crippen LogP contribution in [0.4, 0.5) is 0 Å². The number of nitrogens with zero attached hydrogens (tertiary/aromatic N) is 1. The molecule has 0 aromatic heterocycles. The van der Waals surface area contributed by atoms with Crippen LogP contribution in [-0.2, 0) is 9.53 Å². The highest BCUT2D eigenvalue weighted by Crippen LogP contribution is 2.10. The molecule has 0 saturated carbocycles. The summed E-state index contributed by atoms with van der Waals surface area (Å²) < 4.78 is 4.87. The summed E-state index contributed by atoms with van der Waals surface area (Å²) in [5.74, 6) is -0.745. The van der Waals surface area contributed by atoms with E-state index in [1.807, 2.05) is 0 Å². The molecular formula is C16H27NO3. The van der Waals surface area contributed by atoms with Crippen molar-refractivity contribution in [3.05, 3.63) is 11.8 Å². The van der Waals surface area contributed by atoms with Gasteiger partial charge in [0.1, 0.15) is 12.3 Å². The SMILES string of the molecule is CCCCCCCCCCCCOC(=O)/C(C#N)=C/O. The number of carbonyl (C=O) groups is 1. The van der Waals surface area contributed by atoms with Crippen molar-refractivity contribution in [3.63, 3.8) is 0 Å². The topological polar surface area (TPSA) is 70.3 Å². The Bertz CT molecular complexity index is 318. The summed E-state index contributed by atoms with van der Waals surface area (Å²) in [6, 6.07) is 1.58. The Labute approximate surface area is 122 Å². The normalized spacial score (nSPS) is 11.1. The predicted molar refractivity (Wildman–Crippen MR) is 79.1 cm³/mol. The Balaban J connectivity index is 3.29. The number of carbonyl (C=O) groups excluding carboxylic acids is 1. The number of nitriles is 1. The van der Waals surface area contributed by atoms with E-state index < -0.39 is 5.97 Å². The molecule has 0 aliphatic carbocycles. The molecule has 0 bridgehead atoms. The molecule has 0 fully saturated rings. The fraction of sp³-hybridized carbons (Fsp3) is 0.750. The van der Waals surface area contributed by atoms with Gasteiger partial charge in [0.2, 0.25) is 0 Å².